The number of halogens is 2. The highest BCUT2D eigenvalue weighted by Crippen LogP contribution is 2.41. The Balaban J connectivity index is 1.41. The summed E-state index contributed by atoms with van der Waals surface area (Å²) in [5, 5.41) is 6.71. The second-order valence-corrected chi connectivity index (χ2v) is 9.95. The average Bonchev–Trinajstić information content (AvgIpc) is 3.52. The molecule has 7 nitrogen and oxygen atoms in total. The molecule has 1 amide bonds. The van der Waals surface area contributed by atoms with Crippen LogP contribution in [0.3, 0.4) is 0 Å². The highest BCUT2D eigenvalue weighted by atomic mass is 79.9. The molecule has 1 saturated heterocycles. The Morgan fingerprint density at radius 2 is 2.00 bits per heavy atom. The number of thiocarbonyl (C=S) groups is 1. The second kappa shape index (κ2) is 11.3. The van der Waals surface area contributed by atoms with E-state index < -0.39 is 11.9 Å². The summed E-state index contributed by atoms with van der Waals surface area (Å²) in [6, 6.07) is 20.5. The largest absolute Gasteiger partial charge is 0.495 e. The van der Waals surface area contributed by atoms with Crippen molar-refractivity contribution in [1.29, 1.82) is 0 Å². The van der Waals surface area contributed by atoms with Crippen molar-refractivity contribution in [1.82, 2.24) is 15.2 Å². The number of aromatic nitrogens is 1. The minimum absolute atomic E-state index is 0.167. The second-order valence-electron chi connectivity index (χ2n) is 8.64. The van der Waals surface area contributed by atoms with Gasteiger partial charge in [0, 0.05) is 23.6 Å². The predicted octanol–water partition coefficient (Wildman–Crippen LogP) is 6.25. The van der Waals surface area contributed by atoms with Crippen LogP contribution in [0.25, 0.3) is 11.3 Å². The molecule has 0 bridgehead atoms. The zero-order valence-electron chi connectivity index (χ0n) is 20.4. The minimum atomic E-state index is -0.399. The number of benzene rings is 2. The van der Waals surface area contributed by atoms with Gasteiger partial charge in [-0.3, -0.25) is 9.78 Å². The van der Waals surface area contributed by atoms with Gasteiger partial charge in [-0.25, -0.2) is 4.39 Å². The smallest absolute Gasteiger partial charge is 0.226 e. The van der Waals surface area contributed by atoms with E-state index in [-0.39, 0.29) is 18.4 Å². The molecule has 5 rings (SSSR count). The van der Waals surface area contributed by atoms with Crippen LogP contribution < -0.4 is 15.4 Å². The van der Waals surface area contributed by atoms with Crippen molar-refractivity contribution in [2.75, 3.05) is 19.0 Å². The molecular weight excluding hydrogens is 571 g/mol. The molecule has 0 radical (unpaired) electrons. The van der Waals surface area contributed by atoms with Gasteiger partial charge in [0.25, 0.3) is 0 Å². The van der Waals surface area contributed by atoms with Crippen LogP contribution in [0.4, 0.5) is 10.1 Å². The first-order chi connectivity index (χ1) is 18.4. The van der Waals surface area contributed by atoms with Crippen LogP contribution in [-0.2, 0) is 4.79 Å². The van der Waals surface area contributed by atoms with E-state index in [0.717, 1.165) is 5.69 Å². The molecule has 2 N–H and O–H groups in total. The first-order valence-corrected chi connectivity index (χ1v) is 13.1. The molecular formula is C28H24BrFN4O3S. The van der Waals surface area contributed by atoms with E-state index in [0.29, 0.717) is 44.7 Å². The molecule has 0 unspecified atom stereocenters. The topological polar surface area (TPSA) is 79.6 Å². The third-order valence-corrected chi connectivity index (χ3v) is 7.12. The molecule has 1 aliphatic heterocycles. The monoisotopic (exact) mass is 594 g/mol. The number of pyridine rings is 1. The summed E-state index contributed by atoms with van der Waals surface area (Å²) < 4.78 is 26.8. The number of ether oxygens (including phenoxy) is 1. The number of nitrogens with zero attached hydrogens (tertiary/aromatic N) is 2. The molecule has 1 fully saturated rings. The molecule has 38 heavy (non-hydrogen) atoms. The van der Waals surface area contributed by atoms with Crippen LogP contribution in [-0.4, -0.2) is 34.6 Å². The van der Waals surface area contributed by atoms with Crippen molar-refractivity contribution in [2.24, 2.45) is 0 Å². The zero-order valence-corrected chi connectivity index (χ0v) is 22.8. The van der Waals surface area contributed by atoms with E-state index in [9.17, 15) is 9.18 Å². The van der Waals surface area contributed by atoms with E-state index >= 15 is 0 Å². The van der Waals surface area contributed by atoms with Gasteiger partial charge in [-0.2, -0.15) is 0 Å². The van der Waals surface area contributed by atoms with Crippen molar-refractivity contribution in [3.63, 3.8) is 0 Å². The average molecular weight is 595 g/mol. The molecule has 0 aliphatic carbocycles. The van der Waals surface area contributed by atoms with Crippen LogP contribution in [0.15, 0.2) is 87.9 Å². The van der Waals surface area contributed by atoms with Crippen molar-refractivity contribution in [3.8, 4) is 17.1 Å². The third kappa shape index (κ3) is 5.41. The normalized spacial score (nSPS) is 16.8. The number of methoxy groups -OCH3 is 1. The van der Waals surface area contributed by atoms with E-state index in [1.54, 1.807) is 43.6 Å². The number of rotatable bonds is 8. The Hall–Kier alpha value is -3.76. The zero-order chi connectivity index (χ0) is 26.6. The van der Waals surface area contributed by atoms with Gasteiger partial charge >= 0.3 is 0 Å². The Morgan fingerprint density at radius 3 is 2.76 bits per heavy atom. The molecule has 2 aromatic heterocycles. The Kier molecular flexibility index (Phi) is 7.71. The van der Waals surface area contributed by atoms with Gasteiger partial charge in [-0.15, -0.1) is 0 Å². The van der Waals surface area contributed by atoms with E-state index in [1.165, 1.54) is 6.07 Å². The van der Waals surface area contributed by atoms with Crippen molar-refractivity contribution >= 4 is 44.9 Å². The van der Waals surface area contributed by atoms with Gasteiger partial charge < -0.3 is 24.7 Å². The number of amides is 1. The van der Waals surface area contributed by atoms with Crippen molar-refractivity contribution in [3.05, 3.63) is 101 Å². The Labute approximate surface area is 233 Å². The maximum atomic E-state index is 14.6. The van der Waals surface area contributed by atoms with Crippen LogP contribution in [0, 0.1) is 5.82 Å². The molecule has 4 aromatic rings. The van der Waals surface area contributed by atoms with E-state index in [2.05, 4.69) is 31.5 Å². The third-order valence-electron chi connectivity index (χ3n) is 6.27. The van der Waals surface area contributed by atoms with Gasteiger partial charge in [-0.05, 0) is 66.8 Å². The fraction of sp³-hybridized carbons (Fsp3) is 0.179. The number of furan rings is 1. The van der Waals surface area contributed by atoms with Gasteiger partial charge in [0.15, 0.2) is 5.11 Å². The lowest BCUT2D eigenvalue weighted by Gasteiger charge is -2.26. The number of nitrogens with one attached hydrogen (secondary N) is 2. The minimum Gasteiger partial charge on any atom is -0.495 e. The molecule has 2 atom stereocenters. The van der Waals surface area contributed by atoms with E-state index in [1.807, 2.05) is 41.3 Å². The number of hydrogen-bond acceptors (Lipinski definition) is 5. The lowest BCUT2D eigenvalue weighted by Crippen LogP contribution is -2.32. The molecule has 1 aliphatic rings. The van der Waals surface area contributed by atoms with Gasteiger partial charge in [0.05, 0.1) is 30.1 Å². The molecule has 0 saturated carbocycles. The number of carbonyl (C=O) groups excluding carboxylic acids is 1. The molecule has 0 spiro atoms. The SMILES string of the molecule is COc1ccccc1NC(=O)CCN1C(=S)N[C@H](c2ccccn2)[C@H]1c1ccc(-c2ccc(Br)cc2F)o1. The Morgan fingerprint density at radius 1 is 1.18 bits per heavy atom. The van der Waals surface area contributed by atoms with Gasteiger partial charge in [-0.1, -0.05) is 34.1 Å². The first-order valence-electron chi connectivity index (χ1n) is 11.9. The fourth-order valence-electron chi connectivity index (χ4n) is 4.48. The molecule has 194 valence electrons. The van der Waals surface area contributed by atoms with Gasteiger partial charge in [0.2, 0.25) is 5.91 Å². The lowest BCUT2D eigenvalue weighted by molar-refractivity contribution is -0.116. The van der Waals surface area contributed by atoms with Crippen molar-refractivity contribution in [2.45, 2.75) is 18.5 Å². The molecule has 2 aromatic carbocycles. The maximum absolute atomic E-state index is 14.6. The molecule has 3 heterocycles. The molecule has 10 heteroatoms. The first kappa shape index (κ1) is 25.9. The highest BCUT2D eigenvalue weighted by molar-refractivity contribution is 9.10. The summed E-state index contributed by atoms with van der Waals surface area (Å²) in [6.45, 7) is 0.323. The van der Waals surface area contributed by atoms with Crippen LogP contribution >= 0.6 is 28.1 Å². The van der Waals surface area contributed by atoms with Crippen LogP contribution in [0.1, 0.15) is 30.0 Å². The van der Waals surface area contributed by atoms with Crippen LogP contribution in [0.5, 0.6) is 5.75 Å². The quantitative estimate of drug-likeness (QED) is 0.233. The van der Waals surface area contributed by atoms with E-state index in [4.69, 9.17) is 21.4 Å². The van der Waals surface area contributed by atoms with Crippen molar-refractivity contribution < 1.29 is 18.3 Å². The number of hydrogen-bond donors (Lipinski definition) is 2. The predicted molar refractivity (Wildman–Crippen MR) is 150 cm³/mol. The Bertz CT molecular complexity index is 1470. The summed E-state index contributed by atoms with van der Waals surface area (Å²) >= 11 is 8.97. The fourth-order valence-corrected chi connectivity index (χ4v) is 5.15. The number of carbonyl (C=O) groups is 1. The maximum Gasteiger partial charge on any atom is 0.226 e. The summed E-state index contributed by atoms with van der Waals surface area (Å²) in [5.74, 6) is 0.975. The summed E-state index contributed by atoms with van der Waals surface area (Å²) in [5.41, 5.74) is 1.72. The number of anilines is 1. The summed E-state index contributed by atoms with van der Waals surface area (Å²) in [7, 11) is 1.56. The summed E-state index contributed by atoms with van der Waals surface area (Å²) in [6.07, 6.45) is 1.88. The van der Waals surface area contributed by atoms with Crippen LogP contribution in [0.2, 0.25) is 0 Å². The number of para-hydroxylation sites is 2. The summed E-state index contributed by atoms with van der Waals surface area (Å²) in [4.78, 5) is 19.3. The van der Waals surface area contributed by atoms with Gasteiger partial charge in [0.1, 0.15) is 29.1 Å². The lowest BCUT2D eigenvalue weighted by atomic mass is 10.0. The highest BCUT2D eigenvalue weighted by Gasteiger charge is 2.41. The standard InChI is InChI=1S/C28H24BrFN4O3S/c1-36-23-8-3-2-6-20(23)32-25(35)13-15-34-27(26(33-28(34)38)21-7-4-5-14-31-21)24-12-11-22(37-24)18-10-9-17(29)16-19(18)30/h2-12,14,16,26-27H,13,15H2,1H3,(H,32,35)(H,33,38)/t26-,27-/m1/s1.